The topological polar surface area (TPSA) is 85.4 Å². The van der Waals surface area contributed by atoms with Crippen molar-refractivity contribution in [1.29, 1.82) is 5.26 Å². The van der Waals surface area contributed by atoms with Crippen LogP contribution in [0.15, 0.2) is 47.6 Å². The van der Waals surface area contributed by atoms with Crippen LogP contribution in [0.5, 0.6) is 0 Å². The van der Waals surface area contributed by atoms with Crippen LogP contribution in [0, 0.1) is 17.4 Å². The van der Waals surface area contributed by atoms with Crippen molar-refractivity contribution in [2.24, 2.45) is 10.9 Å². The van der Waals surface area contributed by atoms with Crippen LogP contribution in [0.3, 0.4) is 0 Å². The first-order valence-corrected chi connectivity index (χ1v) is 13.7. The zero-order valence-corrected chi connectivity index (χ0v) is 22.1. The van der Waals surface area contributed by atoms with Crippen molar-refractivity contribution < 1.29 is 0 Å². The summed E-state index contributed by atoms with van der Waals surface area (Å²) in [7, 11) is 2.21. The Labute approximate surface area is 220 Å². The number of rotatable bonds is 7. The number of pyridine rings is 1. The minimum atomic E-state index is 0.317. The second kappa shape index (κ2) is 11.7. The molecule has 3 aromatic rings. The first kappa shape index (κ1) is 25.2. The van der Waals surface area contributed by atoms with Crippen molar-refractivity contribution in [1.82, 2.24) is 29.7 Å². The van der Waals surface area contributed by atoms with E-state index in [0.29, 0.717) is 17.9 Å². The molecule has 1 saturated heterocycles. The Morgan fingerprint density at radius 3 is 2.97 bits per heavy atom. The van der Waals surface area contributed by atoms with E-state index in [9.17, 15) is 5.26 Å². The Balaban J connectivity index is 1.37. The molecule has 1 aliphatic heterocycles. The molecule has 0 spiro atoms. The summed E-state index contributed by atoms with van der Waals surface area (Å²) < 4.78 is 2.43. The predicted molar refractivity (Wildman–Crippen MR) is 147 cm³/mol. The molecule has 8 heteroatoms. The molecule has 0 unspecified atom stereocenters. The molecule has 2 aromatic heterocycles. The van der Waals surface area contributed by atoms with E-state index in [1.165, 1.54) is 23.2 Å². The summed E-state index contributed by atoms with van der Waals surface area (Å²) in [5.41, 5.74) is 4.86. The highest BCUT2D eigenvalue weighted by Crippen LogP contribution is 2.33. The van der Waals surface area contributed by atoms with Gasteiger partial charge in [0.2, 0.25) is 5.96 Å². The normalized spacial score (nSPS) is 20.2. The van der Waals surface area contributed by atoms with Gasteiger partial charge in [0.1, 0.15) is 5.82 Å². The van der Waals surface area contributed by atoms with E-state index in [-0.39, 0.29) is 0 Å². The number of guanidine groups is 1. The lowest BCUT2D eigenvalue weighted by Gasteiger charge is -2.35. The minimum absolute atomic E-state index is 0.317. The molecule has 5 rings (SSSR count). The molecule has 1 aromatic carbocycles. The summed E-state index contributed by atoms with van der Waals surface area (Å²) >= 11 is 0. The number of imidazole rings is 1. The fraction of sp³-hybridized carbons (Fsp3) is 0.517. The number of para-hydroxylation sites is 2. The van der Waals surface area contributed by atoms with Crippen molar-refractivity contribution >= 4 is 17.0 Å². The monoisotopic (exact) mass is 498 g/mol. The molecule has 0 amide bonds. The van der Waals surface area contributed by atoms with Gasteiger partial charge in [-0.05, 0) is 75.3 Å². The number of piperidine rings is 1. The third kappa shape index (κ3) is 5.62. The van der Waals surface area contributed by atoms with E-state index >= 15 is 0 Å². The summed E-state index contributed by atoms with van der Waals surface area (Å²) in [4.78, 5) is 19.2. The molecule has 1 fully saturated rings. The Morgan fingerprint density at radius 1 is 1.22 bits per heavy atom. The van der Waals surface area contributed by atoms with Gasteiger partial charge in [0.05, 0.1) is 29.3 Å². The summed E-state index contributed by atoms with van der Waals surface area (Å²) in [5.74, 6) is 2.28. The summed E-state index contributed by atoms with van der Waals surface area (Å²) in [6.07, 6.45) is 10.7. The molecule has 0 bridgehead atoms. The van der Waals surface area contributed by atoms with Gasteiger partial charge < -0.3 is 9.47 Å². The largest absolute Gasteiger partial charge is 0.342 e. The van der Waals surface area contributed by atoms with Crippen LogP contribution < -0.4 is 5.32 Å². The number of nitrogens with zero attached hydrogens (tertiary/aromatic N) is 7. The lowest BCUT2D eigenvalue weighted by molar-refractivity contribution is 0.196. The quantitative estimate of drug-likeness (QED) is 0.224. The highest BCUT2D eigenvalue weighted by Gasteiger charge is 2.28. The van der Waals surface area contributed by atoms with Crippen molar-refractivity contribution in [3.8, 4) is 6.19 Å². The third-order valence-corrected chi connectivity index (χ3v) is 7.73. The minimum Gasteiger partial charge on any atom is -0.342 e. The standard InChI is InChI=1S/C29H38N8/c1-3-15-32-29(33-21-30)36-17-8-9-22(18-36)19-37-25-13-5-4-12-24(25)34-27(37)20-35(2)26-14-6-10-23-11-7-16-31-28(23)26/h4-5,7,11-13,16,22,26H,3,6,8-10,14-15,17-20H2,1-2H3,(H,32,33)/t22-,26-/m0/s1. The molecule has 37 heavy (non-hydrogen) atoms. The van der Waals surface area contributed by atoms with E-state index in [0.717, 1.165) is 76.2 Å². The van der Waals surface area contributed by atoms with Crippen LogP contribution in [0.4, 0.5) is 0 Å². The number of likely N-dealkylation sites (tertiary alicyclic amines) is 1. The Bertz CT molecular complexity index is 1270. The fourth-order valence-corrected chi connectivity index (χ4v) is 5.95. The zero-order chi connectivity index (χ0) is 25.6. The van der Waals surface area contributed by atoms with Gasteiger partial charge in [0.15, 0.2) is 6.19 Å². The van der Waals surface area contributed by atoms with Gasteiger partial charge in [-0.25, -0.2) is 4.98 Å². The first-order chi connectivity index (χ1) is 18.2. The number of nitriles is 1. The van der Waals surface area contributed by atoms with Gasteiger partial charge in [0.25, 0.3) is 0 Å². The number of aliphatic imine (C=N–C) groups is 1. The van der Waals surface area contributed by atoms with E-state index in [2.05, 4.69) is 81.2 Å². The van der Waals surface area contributed by atoms with Crippen LogP contribution in [0.2, 0.25) is 0 Å². The highest BCUT2D eigenvalue weighted by molar-refractivity contribution is 5.81. The van der Waals surface area contributed by atoms with Gasteiger partial charge in [-0.1, -0.05) is 25.1 Å². The molecule has 0 radical (unpaired) electrons. The van der Waals surface area contributed by atoms with Crippen LogP contribution in [0.1, 0.15) is 62.2 Å². The molecular formula is C29H38N8. The smallest absolute Gasteiger partial charge is 0.207 e. The lowest BCUT2D eigenvalue weighted by atomic mass is 9.91. The Kier molecular flexibility index (Phi) is 8.00. The van der Waals surface area contributed by atoms with E-state index in [1.54, 1.807) is 0 Å². The van der Waals surface area contributed by atoms with Gasteiger partial charge in [-0.2, -0.15) is 5.26 Å². The molecule has 2 atom stereocenters. The van der Waals surface area contributed by atoms with Crippen molar-refractivity contribution in [3.63, 3.8) is 0 Å². The van der Waals surface area contributed by atoms with Crippen LogP contribution in [-0.4, -0.2) is 57.0 Å². The number of hydrogen-bond donors (Lipinski definition) is 1. The van der Waals surface area contributed by atoms with Gasteiger partial charge in [0, 0.05) is 32.4 Å². The van der Waals surface area contributed by atoms with Crippen LogP contribution >= 0.6 is 0 Å². The molecule has 1 aliphatic carbocycles. The number of fused-ring (bicyclic) bond motifs is 2. The summed E-state index contributed by atoms with van der Waals surface area (Å²) in [6, 6.07) is 13.1. The number of hydrogen-bond acceptors (Lipinski definition) is 5. The fourth-order valence-electron chi connectivity index (χ4n) is 5.95. The summed E-state index contributed by atoms with van der Waals surface area (Å²) in [5, 5.41) is 12.1. The third-order valence-electron chi connectivity index (χ3n) is 7.73. The second-order valence-electron chi connectivity index (χ2n) is 10.4. The Morgan fingerprint density at radius 2 is 2.11 bits per heavy atom. The van der Waals surface area contributed by atoms with Gasteiger partial charge in [-0.15, -0.1) is 0 Å². The Hall–Kier alpha value is -3.44. The van der Waals surface area contributed by atoms with Crippen LogP contribution in [0.25, 0.3) is 11.0 Å². The molecule has 0 saturated carbocycles. The molecule has 8 nitrogen and oxygen atoms in total. The maximum atomic E-state index is 9.26. The summed E-state index contributed by atoms with van der Waals surface area (Å²) in [6.45, 7) is 6.35. The van der Waals surface area contributed by atoms with Crippen molar-refractivity contribution in [2.75, 3.05) is 26.7 Å². The SMILES string of the molecule is CCCN=C(NC#N)N1CCC[C@H](Cn2c(CN(C)[C@H]3CCCc4cccnc43)nc3ccccc32)C1. The number of benzene rings is 1. The van der Waals surface area contributed by atoms with Crippen LogP contribution in [-0.2, 0) is 19.5 Å². The second-order valence-corrected chi connectivity index (χ2v) is 10.4. The molecule has 2 aliphatic rings. The average Bonchev–Trinajstić information content (AvgIpc) is 3.27. The number of aryl methyl sites for hydroxylation is 1. The number of nitrogens with one attached hydrogen (secondary N) is 1. The van der Waals surface area contributed by atoms with Gasteiger partial charge in [-0.3, -0.25) is 20.2 Å². The van der Waals surface area contributed by atoms with E-state index in [4.69, 9.17) is 9.97 Å². The van der Waals surface area contributed by atoms with Gasteiger partial charge >= 0.3 is 0 Å². The van der Waals surface area contributed by atoms with E-state index < -0.39 is 0 Å². The van der Waals surface area contributed by atoms with Crippen molar-refractivity contribution in [2.45, 2.75) is 64.6 Å². The number of aromatic nitrogens is 3. The molecule has 194 valence electrons. The average molecular weight is 499 g/mol. The maximum absolute atomic E-state index is 9.26. The maximum Gasteiger partial charge on any atom is 0.207 e. The highest BCUT2D eigenvalue weighted by atomic mass is 15.3. The van der Waals surface area contributed by atoms with Crippen molar-refractivity contribution in [3.05, 3.63) is 59.7 Å². The molecule has 1 N–H and O–H groups in total. The predicted octanol–water partition coefficient (Wildman–Crippen LogP) is 4.49. The molecule has 3 heterocycles. The lowest BCUT2D eigenvalue weighted by Crippen LogP contribution is -2.46. The first-order valence-electron chi connectivity index (χ1n) is 13.7. The zero-order valence-electron chi connectivity index (χ0n) is 22.1. The van der Waals surface area contributed by atoms with E-state index in [1.807, 2.05) is 6.20 Å². The molecular weight excluding hydrogens is 460 g/mol.